The minimum atomic E-state index is -0.742. The number of aldehydes is 2. The minimum Gasteiger partial charge on any atom is -0.486 e. The van der Waals surface area contributed by atoms with Gasteiger partial charge in [-0.1, -0.05) is 24.8 Å². The van der Waals surface area contributed by atoms with Crippen LogP contribution in [0.2, 0.25) is 0 Å². The van der Waals surface area contributed by atoms with Gasteiger partial charge in [-0.2, -0.15) is 0 Å². The van der Waals surface area contributed by atoms with Crippen molar-refractivity contribution in [2.45, 2.75) is 25.9 Å². The molecule has 0 aliphatic heterocycles. The number of carbonyl (C=O) groups is 2. The summed E-state index contributed by atoms with van der Waals surface area (Å²) in [5, 5.41) is 5.29. The van der Waals surface area contributed by atoms with E-state index in [9.17, 15) is 9.59 Å². The summed E-state index contributed by atoms with van der Waals surface area (Å²) in [6, 6.07) is 9.88. The Morgan fingerprint density at radius 3 is 1.76 bits per heavy atom. The first-order valence-corrected chi connectivity index (χ1v) is 13.3. The minimum absolute atomic E-state index is 0.233. The smallest absolute Gasteiger partial charge is 0.244 e. The molecule has 0 aliphatic rings. The molecule has 8 nitrogen and oxygen atoms in total. The molecule has 4 rings (SSSR count). The summed E-state index contributed by atoms with van der Waals surface area (Å²) in [5.41, 5.74) is 0.786. The molecule has 0 saturated heterocycles. The van der Waals surface area contributed by atoms with Crippen LogP contribution in [0.4, 0.5) is 0 Å². The van der Waals surface area contributed by atoms with Gasteiger partial charge in [-0.25, -0.2) is 9.97 Å². The second-order valence-electron chi connectivity index (χ2n) is 7.63. The van der Waals surface area contributed by atoms with E-state index >= 15 is 0 Å². The number of hydrogen-bond acceptors (Lipinski definition) is 10. The SMILES string of the molecule is C=C/C=C\CC(Oc1ccc(C=O)c(OCc2nccs2)c1)Oc1ccc(C=O)c(OCc2nccs2)c1. The van der Waals surface area contributed by atoms with Gasteiger partial charge < -0.3 is 18.9 Å². The first-order chi connectivity index (χ1) is 18.7. The van der Waals surface area contributed by atoms with E-state index in [-0.39, 0.29) is 13.2 Å². The summed E-state index contributed by atoms with van der Waals surface area (Å²) in [7, 11) is 0. The highest BCUT2D eigenvalue weighted by Gasteiger charge is 2.16. The van der Waals surface area contributed by atoms with E-state index in [1.54, 1.807) is 60.9 Å². The number of benzene rings is 2. The first kappa shape index (κ1) is 26.8. The van der Waals surface area contributed by atoms with Gasteiger partial charge in [0.2, 0.25) is 6.29 Å². The van der Waals surface area contributed by atoms with Crippen LogP contribution in [0.25, 0.3) is 0 Å². The Kier molecular flexibility index (Phi) is 9.77. The number of ether oxygens (including phenoxy) is 4. The van der Waals surface area contributed by atoms with Crippen molar-refractivity contribution in [3.63, 3.8) is 0 Å². The van der Waals surface area contributed by atoms with Gasteiger partial charge in [-0.05, 0) is 24.3 Å². The van der Waals surface area contributed by atoms with Crippen molar-refractivity contribution in [3.05, 3.63) is 106 Å². The van der Waals surface area contributed by atoms with E-state index in [1.807, 2.05) is 16.8 Å². The molecule has 0 radical (unpaired) electrons. The highest BCUT2D eigenvalue weighted by Crippen LogP contribution is 2.29. The lowest BCUT2D eigenvalue weighted by molar-refractivity contribution is 0.00844. The second kappa shape index (κ2) is 13.9. The largest absolute Gasteiger partial charge is 0.486 e. The maximum Gasteiger partial charge on any atom is 0.244 e. The van der Waals surface area contributed by atoms with Crippen LogP contribution in [0.3, 0.4) is 0 Å². The van der Waals surface area contributed by atoms with Crippen LogP contribution in [0.1, 0.15) is 37.2 Å². The fraction of sp³-hybridized carbons (Fsp3) is 0.143. The van der Waals surface area contributed by atoms with Crippen molar-refractivity contribution in [2.75, 3.05) is 0 Å². The van der Waals surface area contributed by atoms with Gasteiger partial charge in [0.25, 0.3) is 0 Å². The highest BCUT2D eigenvalue weighted by atomic mass is 32.1. The van der Waals surface area contributed by atoms with Crippen molar-refractivity contribution in [2.24, 2.45) is 0 Å². The third-order valence-electron chi connectivity index (χ3n) is 5.03. The van der Waals surface area contributed by atoms with Gasteiger partial charge >= 0.3 is 0 Å². The predicted octanol–water partition coefficient (Wildman–Crippen LogP) is 6.30. The monoisotopic (exact) mass is 548 g/mol. The van der Waals surface area contributed by atoms with E-state index in [4.69, 9.17) is 18.9 Å². The molecule has 0 amide bonds. The van der Waals surface area contributed by atoms with Gasteiger partial charge in [-0.3, -0.25) is 9.59 Å². The van der Waals surface area contributed by atoms with Gasteiger partial charge in [0.05, 0.1) is 11.1 Å². The summed E-state index contributed by atoms with van der Waals surface area (Å²) >= 11 is 2.93. The fourth-order valence-electron chi connectivity index (χ4n) is 3.26. The van der Waals surface area contributed by atoms with E-state index in [0.29, 0.717) is 40.5 Å². The number of thiazole rings is 2. The normalized spacial score (nSPS) is 10.9. The Hall–Kier alpha value is -4.28. The number of aromatic nitrogens is 2. The zero-order chi connectivity index (χ0) is 26.6. The van der Waals surface area contributed by atoms with Crippen LogP contribution < -0.4 is 18.9 Å². The number of hydrogen-bond donors (Lipinski definition) is 0. The summed E-state index contributed by atoms with van der Waals surface area (Å²) < 4.78 is 23.9. The van der Waals surface area contributed by atoms with Crippen LogP contribution in [0.5, 0.6) is 23.0 Å². The van der Waals surface area contributed by atoms with Crippen molar-refractivity contribution in [1.82, 2.24) is 9.97 Å². The predicted molar refractivity (Wildman–Crippen MR) is 146 cm³/mol. The Morgan fingerprint density at radius 2 is 1.34 bits per heavy atom. The highest BCUT2D eigenvalue weighted by molar-refractivity contribution is 7.09. The van der Waals surface area contributed by atoms with Gasteiger partial charge in [0, 0.05) is 41.7 Å². The van der Waals surface area contributed by atoms with Gasteiger partial charge in [-0.15, -0.1) is 22.7 Å². The van der Waals surface area contributed by atoms with E-state index in [1.165, 1.54) is 22.7 Å². The van der Waals surface area contributed by atoms with Crippen LogP contribution in [0, 0.1) is 0 Å². The maximum atomic E-state index is 11.5. The molecule has 0 fully saturated rings. The molecule has 0 aliphatic carbocycles. The third-order valence-corrected chi connectivity index (χ3v) is 6.54. The molecular weight excluding hydrogens is 524 g/mol. The zero-order valence-electron chi connectivity index (χ0n) is 20.2. The van der Waals surface area contributed by atoms with Crippen LogP contribution in [-0.2, 0) is 13.2 Å². The first-order valence-electron chi connectivity index (χ1n) is 11.5. The number of allylic oxidation sites excluding steroid dienone is 2. The van der Waals surface area contributed by atoms with Crippen molar-refractivity contribution >= 4 is 35.2 Å². The summed E-state index contributed by atoms with van der Waals surface area (Å²) in [6.07, 6.45) is 9.79. The molecule has 38 heavy (non-hydrogen) atoms. The molecule has 0 N–H and O–H groups in total. The van der Waals surface area contributed by atoms with Gasteiger partial charge in [0.1, 0.15) is 46.2 Å². The lowest BCUT2D eigenvalue weighted by atomic mass is 10.2. The van der Waals surface area contributed by atoms with E-state index < -0.39 is 6.29 Å². The Labute approximate surface area is 227 Å². The molecule has 0 saturated carbocycles. The third kappa shape index (κ3) is 7.61. The molecule has 10 heteroatoms. The quantitative estimate of drug-likeness (QED) is 0.0970. The molecule has 2 aromatic carbocycles. The summed E-state index contributed by atoms with van der Waals surface area (Å²) in [6.45, 7) is 4.16. The summed E-state index contributed by atoms with van der Waals surface area (Å²) in [4.78, 5) is 31.5. The molecule has 2 heterocycles. The molecule has 2 aromatic heterocycles. The average molecular weight is 549 g/mol. The Bertz CT molecular complexity index is 1270. The molecule has 0 atom stereocenters. The summed E-state index contributed by atoms with van der Waals surface area (Å²) in [5.74, 6) is 1.65. The van der Waals surface area contributed by atoms with Gasteiger partial charge in [0.15, 0.2) is 12.6 Å². The Balaban J connectivity index is 1.51. The van der Waals surface area contributed by atoms with E-state index in [0.717, 1.165) is 22.6 Å². The van der Waals surface area contributed by atoms with Crippen LogP contribution >= 0.6 is 22.7 Å². The van der Waals surface area contributed by atoms with Crippen molar-refractivity contribution < 1.29 is 28.5 Å². The standard InChI is InChI=1S/C28H24N2O6S2/c1-2-3-4-5-28(35-22-8-6-20(16-31)24(14-22)33-18-26-29-10-12-37-26)36-23-9-7-21(17-32)25(15-23)34-19-27-30-11-13-38-27/h2-4,6-17,28H,1,5,18-19H2/b4-3-. The topological polar surface area (TPSA) is 96.8 Å². The molecule has 0 unspecified atom stereocenters. The zero-order valence-corrected chi connectivity index (χ0v) is 21.9. The Morgan fingerprint density at radius 1 is 0.816 bits per heavy atom. The van der Waals surface area contributed by atoms with Crippen LogP contribution in [-0.4, -0.2) is 28.8 Å². The van der Waals surface area contributed by atoms with Crippen LogP contribution in [0.15, 0.2) is 84.4 Å². The lowest BCUT2D eigenvalue weighted by Gasteiger charge is -2.21. The lowest BCUT2D eigenvalue weighted by Crippen LogP contribution is -2.23. The second-order valence-corrected chi connectivity index (χ2v) is 9.59. The molecule has 4 aromatic rings. The number of nitrogens with zero attached hydrogens (tertiary/aromatic N) is 2. The van der Waals surface area contributed by atoms with Crippen molar-refractivity contribution in [1.29, 1.82) is 0 Å². The fourth-order valence-corrected chi connectivity index (χ4v) is 4.31. The number of rotatable bonds is 15. The average Bonchev–Trinajstić information content (AvgIpc) is 3.66. The van der Waals surface area contributed by atoms with Crippen molar-refractivity contribution in [3.8, 4) is 23.0 Å². The molecule has 194 valence electrons. The maximum absolute atomic E-state index is 11.5. The molecule has 0 spiro atoms. The van der Waals surface area contributed by atoms with E-state index in [2.05, 4.69) is 16.5 Å². The molecule has 0 bridgehead atoms. The number of carbonyl (C=O) groups excluding carboxylic acids is 2. The molecular formula is C28H24N2O6S2.